The first kappa shape index (κ1) is 12.8. The third-order valence-corrected chi connectivity index (χ3v) is 2.80. The minimum Gasteiger partial charge on any atom is -0.366 e. The molecule has 0 radical (unpaired) electrons. The van der Waals surface area contributed by atoms with Gasteiger partial charge in [-0.3, -0.25) is 14.7 Å². The van der Waals surface area contributed by atoms with Crippen LogP contribution in [-0.4, -0.2) is 22.0 Å². The van der Waals surface area contributed by atoms with Gasteiger partial charge in [-0.05, 0) is 26.0 Å². The molecule has 1 aromatic carbocycles. The quantitative estimate of drug-likeness (QED) is 0.775. The van der Waals surface area contributed by atoms with Gasteiger partial charge in [0, 0.05) is 5.69 Å². The second-order valence-corrected chi connectivity index (χ2v) is 4.17. The van der Waals surface area contributed by atoms with E-state index < -0.39 is 5.91 Å². The Morgan fingerprint density at radius 1 is 1.26 bits per heavy atom. The highest BCUT2D eigenvalue weighted by Crippen LogP contribution is 2.17. The SMILES string of the molecule is Cc1n[nH]c(C)c1C(=O)Nc1ccccc1C(N)=O. The molecule has 0 bridgehead atoms. The molecule has 6 nitrogen and oxygen atoms in total. The summed E-state index contributed by atoms with van der Waals surface area (Å²) in [5, 5.41) is 9.37. The van der Waals surface area contributed by atoms with Gasteiger partial charge in [-0.2, -0.15) is 5.10 Å². The highest BCUT2D eigenvalue weighted by Gasteiger charge is 2.17. The molecule has 0 saturated heterocycles. The Hall–Kier alpha value is -2.63. The van der Waals surface area contributed by atoms with Crippen molar-refractivity contribution < 1.29 is 9.59 Å². The van der Waals surface area contributed by atoms with Gasteiger partial charge in [-0.25, -0.2) is 0 Å². The van der Waals surface area contributed by atoms with Gasteiger partial charge in [0.2, 0.25) is 0 Å². The molecule has 2 amide bonds. The number of rotatable bonds is 3. The molecular weight excluding hydrogens is 244 g/mol. The molecule has 4 N–H and O–H groups in total. The number of nitrogens with two attached hydrogens (primary N) is 1. The normalized spacial score (nSPS) is 10.2. The number of aryl methyl sites for hydroxylation is 2. The van der Waals surface area contributed by atoms with Crippen molar-refractivity contribution in [1.29, 1.82) is 0 Å². The molecule has 0 saturated carbocycles. The van der Waals surface area contributed by atoms with Crippen molar-refractivity contribution in [3.8, 4) is 0 Å². The van der Waals surface area contributed by atoms with E-state index in [2.05, 4.69) is 15.5 Å². The highest BCUT2D eigenvalue weighted by molar-refractivity contribution is 6.09. The minimum atomic E-state index is -0.587. The molecule has 0 atom stereocenters. The van der Waals surface area contributed by atoms with Crippen LogP contribution < -0.4 is 11.1 Å². The molecule has 2 aromatic rings. The summed E-state index contributed by atoms with van der Waals surface area (Å²) in [5.74, 6) is -0.908. The number of aromatic amines is 1. The Labute approximate surface area is 110 Å². The maximum absolute atomic E-state index is 12.2. The number of nitrogens with one attached hydrogen (secondary N) is 2. The van der Waals surface area contributed by atoms with Crippen LogP contribution in [-0.2, 0) is 0 Å². The second-order valence-electron chi connectivity index (χ2n) is 4.17. The van der Waals surface area contributed by atoms with Gasteiger partial charge >= 0.3 is 0 Å². The van der Waals surface area contributed by atoms with E-state index in [4.69, 9.17) is 5.73 Å². The van der Waals surface area contributed by atoms with Gasteiger partial charge in [0.05, 0.1) is 22.5 Å². The first-order valence-corrected chi connectivity index (χ1v) is 5.72. The van der Waals surface area contributed by atoms with Crippen molar-refractivity contribution >= 4 is 17.5 Å². The van der Waals surface area contributed by atoms with E-state index in [1.54, 1.807) is 38.1 Å². The third-order valence-electron chi connectivity index (χ3n) is 2.80. The first-order chi connectivity index (χ1) is 9.00. The number of nitrogens with zero attached hydrogens (tertiary/aromatic N) is 1. The number of para-hydroxylation sites is 1. The lowest BCUT2D eigenvalue weighted by Gasteiger charge is -2.08. The molecule has 1 heterocycles. The molecule has 1 aromatic heterocycles. The molecule has 0 fully saturated rings. The zero-order valence-corrected chi connectivity index (χ0v) is 10.7. The summed E-state index contributed by atoms with van der Waals surface area (Å²) in [5.41, 5.74) is 7.67. The zero-order valence-electron chi connectivity index (χ0n) is 10.7. The van der Waals surface area contributed by atoms with Crippen LogP contribution in [0.1, 0.15) is 32.1 Å². The molecule has 19 heavy (non-hydrogen) atoms. The number of H-pyrrole nitrogens is 1. The van der Waals surface area contributed by atoms with Gasteiger partial charge in [0.25, 0.3) is 11.8 Å². The number of hydrogen-bond donors (Lipinski definition) is 3. The van der Waals surface area contributed by atoms with E-state index in [1.165, 1.54) is 0 Å². The van der Waals surface area contributed by atoms with Crippen LogP contribution in [0.15, 0.2) is 24.3 Å². The summed E-state index contributed by atoms with van der Waals surface area (Å²) in [6, 6.07) is 6.59. The monoisotopic (exact) mass is 258 g/mol. The summed E-state index contributed by atoms with van der Waals surface area (Å²) >= 11 is 0. The van der Waals surface area contributed by atoms with Crippen molar-refractivity contribution in [3.05, 3.63) is 46.8 Å². The summed E-state index contributed by atoms with van der Waals surface area (Å²) in [6.07, 6.45) is 0. The summed E-state index contributed by atoms with van der Waals surface area (Å²) in [4.78, 5) is 23.4. The average Bonchev–Trinajstić information content (AvgIpc) is 2.69. The highest BCUT2D eigenvalue weighted by atomic mass is 16.2. The number of amides is 2. The van der Waals surface area contributed by atoms with E-state index in [1.807, 2.05) is 0 Å². The first-order valence-electron chi connectivity index (χ1n) is 5.72. The summed E-state index contributed by atoms with van der Waals surface area (Å²) in [6.45, 7) is 3.49. The lowest BCUT2D eigenvalue weighted by Crippen LogP contribution is -2.19. The maximum Gasteiger partial charge on any atom is 0.259 e. The molecule has 0 spiro atoms. The Morgan fingerprint density at radius 3 is 2.53 bits per heavy atom. The molecule has 0 aliphatic heterocycles. The number of carbonyl (C=O) groups is 2. The molecular formula is C13H14N4O2. The van der Waals surface area contributed by atoms with E-state index >= 15 is 0 Å². The molecule has 98 valence electrons. The third kappa shape index (κ3) is 2.47. The largest absolute Gasteiger partial charge is 0.366 e. The molecule has 0 aliphatic carbocycles. The lowest BCUT2D eigenvalue weighted by atomic mass is 10.1. The predicted molar refractivity (Wildman–Crippen MR) is 71.0 cm³/mol. The zero-order chi connectivity index (χ0) is 14.0. The van der Waals surface area contributed by atoms with Crippen LogP contribution in [0.5, 0.6) is 0 Å². The second kappa shape index (κ2) is 4.93. The Balaban J connectivity index is 2.32. The number of anilines is 1. The maximum atomic E-state index is 12.2. The predicted octanol–water partition coefficient (Wildman–Crippen LogP) is 1.38. The lowest BCUT2D eigenvalue weighted by molar-refractivity contribution is 0.100. The van der Waals surface area contributed by atoms with Crippen LogP contribution >= 0.6 is 0 Å². The van der Waals surface area contributed by atoms with Gasteiger partial charge in [0.15, 0.2) is 0 Å². The number of aromatic nitrogens is 2. The van der Waals surface area contributed by atoms with Gasteiger partial charge in [0.1, 0.15) is 0 Å². The number of hydrogen-bond acceptors (Lipinski definition) is 3. The Morgan fingerprint density at radius 2 is 1.95 bits per heavy atom. The standard InChI is InChI=1S/C13H14N4O2/c1-7-11(8(2)17-16-7)13(19)15-10-6-4-3-5-9(10)12(14)18/h3-6H,1-2H3,(H2,14,18)(H,15,19)(H,16,17). The van der Waals surface area contributed by atoms with Gasteiger partial charge < -0.3 is 11.1 Å². The molecule has 0 unspecified atom stereocenters. The summed E-state index contributed by atoms with van der Waals surface area (Å²) < 4.78 is 0. The van der Waals surface area contributed by atoms with E-state index in [0.29, 0.717) is 22.6 Å². The number of benzene rings is 1. The fourth-order valence-electron chi connectivity index (χ4n) is 1.88. The Bertz CT molecular complexity index is 626. The van der Waals surface area contributed by atoms with Crippen molar-refractivity contribution in [2.24, 2.45) is 5.73 Å². The van der Waals surface area contributed by atoms with Crippen LogP contribution in [0.2, 0.25) is 0 Å². The topological polar surface area (TPSA) is 101 Å². The van der Waals surface area contributed by atoms with Crippen LogP contribution in [0, 0.1) is 13.8 Å². The van der Waals surface area contributed by atoms with Gasteiger partial charge in [-0.15, -0.1) is 0 Å². The van der Waals surface area contributed by atoms with Gasteiger partial charge in [-0.1, -0.05) is 12.1 Å². The van der Waals surface area contributed by atoms with Crippen LogP contribution in [0.25, 0.3) is 0 Å². The fourth-order valence-corrected chi connectivity index (χ4v) is 1.88. The van der Waals surface area contributed by atoms with E-state index in [0.717, 1.165) is 0 Å². The molecule has 2 rings (SSSR count). The van der Waals surface area contributed by atoms with Crippen molar-refractivity contribution in [2.75, 3.05) is 5.32 Å². The smallest absolute Gasteiger partial charge is 0.259 e. The molecule has 6 heteroatoms. The van der Waals surface area contributed by atoms with Crippen LogP contribution in [0.3, 0.4) is 0 Å². The Kier molecular flexibility index (Phi) is 3.33. The number of carbonyl (C=O) groups excluding carboxylic acids is 2. The van der Waals surface area contributed by atoms with E-state index in [-0.39, 0.29) is 11.5 Å². The van der Waals surface area contributed by atoms with Crippen molar-refractivity contribution in [1.82, 2.24) is 10.2 Å². The van der Waals surface area contributed by atoms with Crippen molar-refractivity contribution in [3.63, 3.8) is 0 Å². The molecule has 0 aliphatic rings. The fraction of sp³-hybridized carbons (Fsp3) is 0.154. The summed E-state index contributed by atoms with van der Waals surface area (Å²) in [7, 11) is 0. The number of primary amides is 1. The van der Waals surface area contributed by atoms with E-state index in [9.17, 15) is 9.59 Å². The average molecular weight is 258 g/mol. The van der Waals surface area contributed by atoms with Crippen molar-refractivity contribution in [2.45, 2.75) is 13.8 Å². The van der Waals surface area contributed by atoms with Crippen LogP contribution in [0.4, 0.5) is 5.69 Å². The minimum absolute atomic E-state index is 0.273.